The first-order valence-electron chi connectivity index (χ1n) is 10.5. The van der Waals surface area contributed by atoms with Gasteiger partial charge >= 0.3 is 0 Å². The fourth-order valence-corrected chi connectivity index (χ4v) is 4.06. The molecule has 154 valence electrons. The molecule has 2 saturated heterocycles. The normalized spacial score (nSPS) is 22.7. The Morgan fingerprint density at radius 1 is 1.23 bits per heavy atom. The van der Waals surface area contributed by atoms with Gasteiger partial charge in [0.25, 0.3) is 0 Å². The summed E-state index contributed by atoms with van der Waals surface area (Å²) in [7, 11) is 4.08. The van der Waals surface area contributed by atoms with Crippen molar-refractivity contribution < 1.29 is 4.74 Å². The second-order valence-corrected chi connectivity index (χ2v) is 7.73. The van der Waals surface area contributed by atoms with Crippen molar-refractivity contribution in [2.24, 2.45) is 10.9 Å². The molecule has 0 radical (unpaired) electrons. The van der Waals surface area contributed by atoms with Crippen molar-refractivity contribution in [2.75, 3.05) is 53.5 Å². The van der Waals surface area contributed by atoms with Crippen molar-refractivity contribution >= 4 is 29.9 Å². The molecule has 26 heavy (non-hydrogen) atoms. The zero-order valence-corrected chi connectivity index (χ0v) is 19.5. The molecule has 0 aromatic rings. The topological polar surface area (TPSA) is 40.1 Å². The summed E-state index contributed by atoms with van der Waals surface area (Å²) in [6, 6.07) is 0.668. The average Bonchev–Trinajstić information content (AvgIpc) is 2.66. The highest BCUT2D eigenvalue weighted by Gasteiger charge is 2.22. The summed E-state index contributed by atoms with van der Waals surface area (Å²) < 4.78 is 5.46. The Kier molecular flexibility index (Phi) is 12.9. The van der Waals surface area contributed by atoms with E-state index in [2.05, 4.69) is 34.1 Å². The predicted octanol–water partition coefficient (Wildman–Crippen LogP) is 3.58. The molecule has 2 heterocycles. The van der Waals surface area contributed by atoms with Crippen molar-refractivity contribution in [3.05, 3.63) is 0 Å². The molecule has 0 aliphatic carbocycles. The van der Waals surface area contributed by atoms with Crippen LogP contribution in [-0.2, 0) is 4.74 Å². The second-order valence-electron chi connectivity index (χ2n) is 7.73. The molecular weight excluding hydrogens is 439 g/mol. The Morgan fingerprint density at radius 2 is 2.00 bits per heavy atom. The fraction of sp³-hybridized carbons (Fsp3) is 0.950. The molecule has 2 fully saturated rings. The smallest absolute Gasteiger partial charge is 0.193 e. The van der Waals surface area contributed by atoms with E-state index in [1.165, 1.54) is 64.5 Å². The summed E-state index contributed by atoms with van der Waals surface area (Å²) in [6.07, 6.45) is 10.3. The molecule has 2 aliphatic heterocycles. The number of nitrogens with zero attached hydrogens (tertiary/aromatic N) is 3. The maximum Gasteiger partial charge on any atom is 0.193 e. The minimum atomic E-state index is 0. The molecule has 5 nitrogen and oxygen atoms in total. The lowest BCUT2D eigenvalue weighted by atomic mass is 9.96. The minimum absolute atomic E-state index is 0. The summed E-state index contributed by atoms with van der Waals surface area (Å²) in [5, 5.41) is 3.64. The molecule has 1 N–H and O–H groups in total. The van der Waals surface area contributed by atoms with E-state index < -0.39 is 0 Å². The van der Waals surface area contributed by atoms with Gasteiger partial charge in [0.1, 0.15) is 0 Å². The lowest BCUT2D eigenvalue weighted by Crippen LogP contribution is -2.49. The van der Waals surface area contributed by atoms with Crippen LogP contribution in [0.15, 0.2) is 4.99 Å². The van der Waals surface area contributed by atoms with Crippen molar-refractivity contribution in [1.82, 2.24) is 15.1 Å². The fourth-order valence-electron chi connectivity index (χ4n) is 4.06. The van der Waals surface area contributed by atoms with E-state index in [1.807, 2.05) is 7.05 Å². The van der Waals surface area contributed by atoms with Crippen molar-refractivity contribution in [2.45, 2.75) is 64.3 Å². The molecule has 0 bridgehead atoms. The number of guanidine groups is 1. The van der Waals surface area contributed by atoms with Gasteiger partial charge < -0.3 is 15.0 Å². The number of unbranched alkanes of at least 4 members (excludes halogenated alkanes) is 1. The Balaban J connectivity index is 0.00000338. The Hall–Kier alpha value is -0.0800. The molecule has 0 spiro atoms. The summed E-state index contributed by atoms with van der Waals surface area (Å²) >= 11 is 0. The summed E-state index contributed by atoms with van der Waals surface area (Å²) in [5.74, 6) is 1.87. The summed E-state index contributed by atoms with van der Waals surface area (Å²) in [6.45, 7) is 8.79. The highest BCUT2D eigenvalue weighted by molar-refractivity contribution is 14.0. The first-order valence-corrected chi connectivity index (χ1v) is 10.5. The van der Waals surface area contributed by atoms with Gasteiger partial charge in [-0.2, -0.15) is 0 Å². The number of rotatable bonds is 8. The van der Waals surface area contributed by atoms with Gasteiger partial charge in [0.05, 0.1) is 0 Å². The van der Waals surface area contributed by atoms with Crippen LogP contribution in [0.2, 0.25) is 0 Å². The number of ether oxygens (including phenoxy) is 1. The van der Waals surface area contributed by atoms with Crippen molar-refractivity contribution in [1.29, 1.82) is 0 Å². The van der Waals surface area contributed by atoms with E-state index in [0.717, 1.165) is 38.2 Å². The van der Waals surface area contributed by atoms with Crippen LogP contribution in [0.4, 0.5) is 0 Å². The van der Waals surface area contributed by atoms with E-state index in [9.17, 15) is 0 Å². The van der Waals surface area contributed by atoms with Gasteiger partial charge in [0.15, 0.2) is 5.96 Å². The Labute approximate surface area is 178 Å². The molecule has 0 aromatic carbocycles. The van der Waals surface area contributed by atoms with Gasteiger partial charge in [-0.05, 0) is 57.5 Å². The first-order chi connectivity index (χ1) is 12.2. The van der Waals surface area contributed by atoms with Crippen LogP contribution in [0.5, 0.6) is 0 Å². The maximum absolute atomic E-state index is 5.46. The second kappa shape index (κ2) is 14.0. The van der Waals surface area contributed by atoms with Gasteiger partial charge in [-0.1, -0.05) is 19.8 Å². The van der Waals surface area contributed by atoms with Crippen LogP contribution in [0, 0.1) is 5.92 Å². The Bertz CT molecular complexity index is 388. The van der Waals surface area contributed by atoms with Crippen LogP contribution in [-0.4, -0.2) is 75.3 Å². The molecule has 0 aromatic heterocycles. The number of hydrogen-bond acceptors (Lipinski definition) is 3. The third-order valence-electron chi connectivity index (χ3n) is 5.83. The lowest BCUT2D eigenvalue weighted by Gasteiger charge is -2.36. The molecule has 0 amide bonds. The molecule has 1 atom stereocenters. The van der Waals surface area contributed by atoms with Crippen LogP contribution >= 0.6 is 24.0 Å². The van der Waals surface area contributed by atoms with Gasteiger partial charge in [0.2, 0.25) is 0 Å². The SMILES string of the molecule is CCCCN1CCCCC1CNC(=NC)N(C)CCC1CCOCC1.I. The van der Waals surface area contributed by atoms with Crippen LogP contribution in [0.25, 0.3) is 0 Å². The van der Waals surface area contributed by atoms with E-state index in [1.54, 1.807) is 0 Å². The van der Waals surface area contributed by atoms with E-state index in [-0.39, 0.29) is 24.0 Å². The number of halogens is 1. The van der Waals surface area contributed by atoms with Crippen LogP contribution < -0.4 is 5.32 Å². The van der Waals surface area contributed by atoms with Gasteiger partial charge in [0, 0.05) is 46.4 Å². The number of hydrogen-bond donors (Lipinski definition) is 1. The maximum atomic E-state index is 5.46. The van der Waals surface area contributed by atoms with Crippen molar-refractivity contribution in [3.8, 4) is 0 Å². The molecule has 1 unspecified atom stereocenters. The standard InChI is InChI=1S/C20H40N4O.HI/c1-4-5-12-24-13-7-6-8-19(24)17-22-20(21-2)23(3)14-9-18-10-15-25-16-11-18;/h18-19H,4-17H2,1-3H3,(H,21,22);1H. The Morgan fingerprint density at radius 3 is 2.69 bits per heavy atom. The molecule has 0 saturated carbocycles. The molecular formula is C20H41IN4O. The largest absolute Gasteiger partial charge is 0.381 e. The minimum Gasteiger partial charge on any atom is -0.381 e. The highest BCUT2D eigenvalue weighted by atomic mass is 127. The van der Waals surface area contributed by atoms with Crippen molar-refractivity contribution in [3.63, 3.8) is 0 Å². The number of piperidine rings is 1. The lowest BCUT2D eigenvalue weighted by molar-refractivity contribution is 0.0625. The first kappa shape index (κ1) is 24.0. The van der Waals surface area contributed by atoms with Gasteiger partial charge in [-0.3, -0.25) is 9.89 Å². The monoisotopic (exact) mass is 480 g/mol. The summed E-state index contributed by atoms with van der Waals surface area (Å²) in [5.41, 5.74) is 0. The number of aliphatic imine (C=N–C) groups is 1. The average molecular weight is 480 g/mol. The van der Waals surface area contributed by atoms with Crippen LogP contribution in [0.1, 0.15) is 58.3 Å². The van der Waals surface area contributed by atoms with E-state index >= 15 is 0 Å². The molecule has 6 heteroatoms. The number of nitrogens with one attached hydrogen (secondary N) is 1. The van der Waals surface area contributed by atoms with E-state index in [4.69, 9.17) is 4.74 Å². The van der Waals surface area contributed by atoms with Crippen LogP contribution in [0.3, 0.4) is 0 Å². The zero-order valence-electron chi connectivity index (χ0n) is 17.2. The van der Waals surface area contributed by atoms with Gasteiger partial charge in [-0.15, -0.1) is 24.0 Å². The third-order valence-corrected chi connectivity index (χ3v) is 5.83. The highest BCUT2D eigenvalue weighted by Crippen LogP contribution is 2.19. The zero-order chi connectivity index (χ0) is 17.9. The van der Waals surface area contributed by atoms with Gasteiger partial charge in [-0.25, -0.2) is 0 Å². The van der Waals surface area contributed by atoms with E-state index in [0.29, 0.717) is 6.04 Å². The molecule has 2 aliphatic rings. The third kappa shape index (κ3) is 8.30. The quantitative estimate of drug-likeness (QED) is 0.328. The molecule has 2 rings (SSSR count). The predicted molar refractivity (Wildman–Crippen MR) is 122 cm³/mol. The number of likely N-dealkylation sites (tertiary alicyclic amines) is 1. The summed E-state index contributed by atoms with van der Waals surface area (Å²) in [4.78, 5) is 9.50.